The molecule has 2 aromatic heterocycles. The monoisotopic (exact) mass is 407 g/mol. The van der Waals surface area contributed by atoms with E-state index in [0.29, 0.717) is 28.0 Å². The summed E-state index contributed by atoms with van der Waals surface area (Å²) in [4.78, 5) is 31.5. The van der Waals surface area contributed by atoms with Crippen LogP contribution in [0.2, 0.25) is 0 Å². The van der Waals surface area contributed by atoms with Crippen molar-refractivity contribution in [2.24, 2.45) is 0 Å². The molecule has 0 radical (unpaired) electrons. The number of aromatic nitrogens is 3. The van der Waals surface area contributed by atoms with Crippen molar-refractivity contribution in [1.29, 1.82) is 0 Å². The van der Waals surface area contributed by atoms with Gasteiger partial charge in [-0.2, -0.15) is 0 Å². The van der Waals surface area contributed by atoms with E-state index in [4.69, 9.17) is 4.98 Å². The Morgan fingerprint density at radius 2 is 1.42 bits per heavy atom. The van der Waals surface area contributed by atoms with Crippen LogP contribution in [0.5, 0.6) is 0 Å². The Morgan fingerprint density at radius 1 is 0.774 bits per heavy atom. The second kappa shape index (κ2) is 7.36. The van der Waals surface area contributed by atoms with Crippen molar-refractivity contribution in [1.82, 2.24) is 14.1 Å². The zero-order valence-electron chi connectivity index (χ0n) is 17.3. The summed E-state index contributed by atoms with van der Waals surface area (Å²) in [6.45, 7) is 3.98. The second-order valence-corrected chi connectivity index (χ2v) is 7.81. The number of fused-ring (bicyclic) bond motifs is 2. The normalized spacial score (nSPS) is 11.5. The third-order valence-corrected chi connectivity index (χ3v) is 5.51. The van der Waals surface area contributed by atoms with Crippen molar-refractivity contribution in [3.63, 3.8) is 0 Å². The van der Waals surface area contributed by atoms with E-state index in [0.717, 1.165) is 10.9 Å². The largest absolute Gasteiger partial charge is 0.306 e. The van der Waals surface area contributed by atoms with Gasteiger partial charge in [0.05, 0.1) is 22.1 Å². The summed E-state index contributed by atoms with van der Waals surface area (Å²) in [7, 11) is 0. The molecule has 0 N–H and O–H groups in total. The summed E-state index contributed by atoms with van der Waals surface area (Å²) in [5.74, 6) is 0.458. The summed E-state index contributed by atoms with van der Waals surface area (Å²) >= 11 is 0. The molecule has 5 heteroatoms. The fourth-order valence-electron chi connectivity index (χ4n) is 4.15. The van der Waals surface area contributed by atoms with Crippen LogP contribution in [0.15, 0.2) is 94.5 Å². The van der Waals surface area contributed by atoms with Gasteiger partial charge in [-0.25, -0.2) is 4.98 Å². The Labute approximate surface area is 178 Å². The summed E-state index contributed by atoms with van der Waals surface area (Å²) in [5, 5.41) is 1.41. The second-order valence-electron chi connectivity index (χ2n) is 7.81. The number of nitrogens with zero attached hydrogens (tertiary/aromatic N) is 3. The van der Waals surface area contributed by atoms with Crippen LogP contribution in [0, 0.1) is 0 Å². The Hall–Kier alpha value is -3.99. The number of benzene rings is 3. The molecule has 152 valence electrons. The molecule has 0 amide bonds. The van der Waals surface area contributed by atoms with Crippen molar-refractivity contribution in [3.05, 3.63) is 106 Å². The smallest absolute Gasteiger partial charge is 0.266 e. The molecule has 0 atom stereocenters. The van der Waals surface area contributed by atoms with Gasteiger partial charge in [0, 0.05) is 23.1 Å². The maximum atomic E-state index is 13.6. The Morgan fingerprint density at radius 3 is 2.16 bits per heavy atom. The van der Waals surface area contributed by atoms with E-state index in [9.17, 15) is 9.59 Å². The van der Waals surface area contributed by atoms with Crippen molar-refractivity contribution in [2.75, 3.05) is 0 Å². The standard InChI is InChI=1S/C26H21N3O2/c1-17(2)28-23-15-9-7-12-19(23)21(16-24(28)30)25-27-22-14-8-6-13-20(22)26(31)29(25)18-10-4-3-5-11-18/h3-17H,1-2H3. The van der Waals surface area contributed by atoms with Crippen LogP contribution in [0.1, 0.15) is 19.9 Å². The predicted octanol–water partition coefficient (Wildman–Crippen LogP) is 4.95. The summed E-state index contributed by atoms with van der Waals surface area (Å²) < 4.78 is 3.37. The first-order valence-electron chi connectivity index (χ1n) is 10.3. The van der Waals surface area contributed by atoms with Gasteiger partial charge in [-0.15, -0.1) is 0 Å². The van der Waals surface area contributed by atoms with E-state index in [1.165, 1.54) is 0 Å². The molecule has 5 rings (SSSR count). The van der Waals surface area contributed by atoms with Gasteiger partial charge in [-0.1, -0.05) is 48.5 Å². The molecule has 0 saturated carbocycles. The lowest BCUT2D eigenvalue weighted by Crippen LogP contribution is -2.25. The topological polar surface area (TPSA) is 56.9 Å². The van der Waals surface area contributed by atoms with E-state index in [1.807, 2.05) is 86.6 Å². The number of pyridine rings is 1. The number of hydrogen-bond acceptors (Lipinski definition) is 3. The van der Waals surface area contributed by atoms with E-state index in [1.54, 1.807) is 21.3 Å². The molecule has 3 aromatic carbocycles. The van der Waals surface area contributed by atoms with Crippen molar-refractivity contribution >= 4 is 21.8 Å². The quantitative estimate of drug-likeness (QED) is 0.425. The van der Waals surface area contributed by atoms with Gasteiger partial charge < -0.3 is 4.57 Å². The Bertz CT molecular complexity index is 1550. The molecule has 31 heavy (non-hydrogen) atoms. The lowest BCUT2D eigenvalue weighted by molar-refractivity contribution is 0.601. The van der Waals surface area contributed by atoms with Crippen molar-refractivity contribution in [3.8, 4) is 17.1 Å². The third kappa shape index (κ3) is 3.06. The molecule has 0 aliphatic rings. The SMILES string of the molecule is CC(C)n1c(=O)cc(-c2nc3ccccc3c(=O)n2-c2ccccc2)c2ccccc21. The van der Waals surface area contributed by atoms with Crippen molar-refractivity contribution in [2.45, 2.75) is 19.9 Å². The first kappa shape index (κ1) is 19.0. The van der Waals surface area contributed by atoms with Crippen LogP contribution in [0.3, 0.4) is 0 Å². The molecular formula is C26H21N3O2. The Kier molecular flexibility index (Phi) is 4.51. The van der Waals surface area contributed by atoms with E-state index in [-0.39, 0.29) is 17.2 Å². The molecule has 2 heterocycles. The highest BCUT2D eigenvalue weighted by atomic mass is 16.1. The fourth-order valence-corrected chi connectivity index (χ4v) is 4.15. The van der Waals surface area contributed by atoms with E-state index < -0.39 is 0 Å². The minimum Gasteiger partial charge on any atom is -0.306 e. The third-order valence-electron chi connectivity index (χ3n) is 5.51. The maximum absolute atomic E-state index is 13.6. The van der Waals surface area contributed by atoms with Gasteiger partial charge in [0.25, 0.3) is 11.1 Å². The zero-order chi connectivity index (χ0) is 21.5. The van der Waals surface area contributed by atoms with Crippen LogP contribution in [-0.2, 0) is 0 Å². The number of rotatable bonds is 3. The minimum absolute atomic E-state index is 0.00679. The van der Waals surface area contributed by atoms with Crippen LogP contribution in [0.25, 0.3) is 38.9 Å². The highest BCUT2D eigenvalue weighted by Crippen LogP contribution is 2.29. The molecule has 0 aliphatic heterocycles. The molecule has 5 nitrogen and oxygen atoms in total. The minimum atomic E-state index is -0.163. The summed E-state index contributed by atoms with van der Waals surface area (Å²) in [6.07, 6.45) is 0. The first-order chi connectivity index (χ1) is 15.1. The fraction of sp³-hybridized carbons (Fsp3) is 0.115. The van der Waals surface area contributed by atoms with E-state index in [2.05, 4.69) is 0 Å². The van der Waals surface area contributed by atoms with Crippen molar-refractivity contribution < 1.29 is 0 Å². The lowest BCUT2D eigenvalue weighted by Gasteiger charge is -2.18. The predicted molar refractivity (Wildman–Crippen MR) is 125 cm³/mol. The van der Waals surface area contributed by atoms with Crippen LogP contribution in [0.4, 0.5) is 0 Å². The number of para-hydroxylation sites is 3. The van der Waals surface area contributed by atoms with Crippen LogP contribution in [-0.4, -0.2) is 14.1 Å². The average molecular weight is 407 g/mol. The molecule has 0 aliphatic carbocycles. The highest BCUT2D eigenvalue weighted by Gasteiger charge is 2.19. The van der Waals surface area contributed by atoms with Gasteiger partial charge in [0.2, 0.25) is 0 Å². The zero-order valence-corrected chi connectivity index (χ0v) is 17.3. The molecular weight excluding hydrogens is 386 g/mol. The molecule has 0 spiro atoms. The van der Waals surface area contributed by atoms with Crippen LogP contribution < -0.4 is 11.1 Å². The average Bonchev–Trinajstić information content (AvgIpc) is 2.78. The molecule has 0 bridgehead atoms. The molecule has 0 saturated heterocycles. The summed E-state index contributed by atoms with van der Waals surface area (Å²) in [6, 6.07) is 26.1. The highest BCUT2D eigenvalue weighted by molar-refractivity contribution is 5.94. The molecule has 0 unspecified atom stereocenters. The lowest BCUT2D eigenvalue weighted by atomic mass is 10.1. The van der Waals surface area contributed by atoms with Gasteiger partial charge in [-0.3, -0.25) is 14.2 Å². The van der Waals surface area contributed by atoms with E-state index >= 15 is 0 Å². The van der Waals surface area contributed by atoms with Gasteiger partial charge >= 0.3 is 0 Å². The summed E-state index contributed by atoms with van der Waals surface area (Å²) in [5.41, 5.74) is 2.49. The molecule has 5 aromatic rings. The maximum Gasteiger partial charge on any atom is 0.266 e. The Balaban J connectivity index is 1.97. The van der Waals surface area contributed by atoms with Crippen LogP contribution >= 0.6 is 0 Å². The van der Waals surface area contributed by atoms with Gasteiger partial charge in [-0.05, 0) is 44.2 Å². The van der Waals surface area contributed by atoms with Gasteiger partial charge in [0.1, 0.15) is 5.82 Å². The number of hydrogen-bond donors (Lipinski definition) is 0. The molecule has 0 fully saturated rings. The van der Waals surface area contributed by atoms with Gasteiger partial charge in [0.15, 0.2) is 0 Å². The first-order valence-corrected chi connectivity index (χ1v) is 10.3.